The number of guanidine groups is 2. The molecule has 32 heteroatoms. The number of Topliss-reactive ketones (excluding diaryl/α,β-unsaturated/α-hetero) is 2. The van der Waals surface area contributed by atoms with Gasteiger partial charge in [0.2, 0.25) is 17.5 Å². The van der Waals surface area contributed by atoms with Gasteiger partial charge >= 0.3 is 12.7 Å². The molecule has 1 unspecified atom stereocenters. The fourth-order valence-electron chi connectivity index (χ4n) is 5.50. The van der Waals surface area contributed by atoms with Crippen LogP contribution in [0.2, 0.25) is 0 Å². The fourth-order valence-corrected chi connectivity index (χ4v) is 6.25. The molecule has 0 bridgehead atoms. The smallest absolute Gasteiger partial charge is 0.406 e. The molecule has 11 N–H and O–H groups in total. The van der Waals surface area contributed by atoms with Crippen molar-refractivity contribution in [2.45, 2.75) is 24.7 Å². The predicted molar refractivity (Wildman–Crippen MR) is 271 cm³/mol. The van der Waals surface area contributed by atoms with E-state index in [4.69, 9.17) is 28.3 Å². The van der Waals surface area contributed by atoms with Gasteiger partial charge in [-0.25, -0.2) is 31.6 Å². The maximum atomic E-state index is 13.7. The molecule has 5 aromatic rings. The van der Waals surface area contributed by atoms with Crippen molar-refractivity contribution in [2.75, 3.05) is 39.7 Å². The lowest BCUT2D eigenvalue weighted by Gasteiger charge is -2.27. The summed E-state index contributed by atoms with van der Waals surface area (Å²) in [5.74, 6) is -4.76. The van der Waals surface area contributed by atoms with Crippen molar-refractivity contribution >= 4 is 104 Å². The number of hydrogen-bond acceptors (Lipinski definition) is 11. The maximum absolute atomic E-state index is 13.7. The Morgan fingerprint density at radius 2 is 1.24 bits per heavy atom. The molecular formula is C43H45Br2Cl3F11N11O5. The topological polar surface area (TPSA) is 269 Å². The second-order valence-electron chi connectivity index (χ2n) is 13.6. The summed E-state index contributed by atoms with van der Waals surface area (Å²) in [6.45, 7) is -1.92. The number of ether oxygens (including phenoxy) is 2. The molecule has 1 aromatic heterocycles. The number of amides is 1. The van der Waals surface area contributed by atoms with Crippen molar-refractivity contribution in [3.63, 3.8) is 0 Å². The number of halogens is 16. The number of alkyl halides is 9. The summed E-state index contributed by atoms with van der Waals surface area (Å²) in [6, 6.07) is 17.9. The summed E-state index contributed by atoms with van der Waals surface area (Å²) in [5.41, 5.74) is 24.1. The van der Waals surface area contributed by atoms with Crippen LogP contribution in [0.4, 0.5) is 48.3 Å². The molecule has 6 rings (SSSR count). The summed E-state index contributed by atoms with van der Waals surface area (Å²) >= 11 is 5.95. The summed E-state index contributed by atoms with van der Waals surface area (Å²) in [5, 5.41) is 10.5. The van der Waals surface area contributed by atoms with Gasteiger partial charge < -0.3 is 38.1 Å². The first-order chi connectivity index (χ1) is 33.7. The molecule has 0 spiro atoms. The molecule has 1 amide bonds. The molecule has 1 aliphatic rings. The first-order valence-corrected chi connectivity index (χ1v) is 21.5. The van der Waals surface area contributed by atoms with Gasteiger partial charge in [0.1, 0.15) is 43.2 Å². The van der Waals surface area contributed by atoms with Crippen molar-refractivity contribution in [3.05, 3.63) is 146 Å². The summed E-state index contributed by atoms with van der Waals surface area (Å²) in [4.78, 5) is 45.6. The minimum absolute atomic E-state index is 0. The lowest BCUT2D eigenvalue weighted by atomic mass is 9.82. The van der Waals surface area contributed by atoms with E-state index in [-0.39, 0.29) is 107 Å². The van der Waals surface area contributed by atoms with E-state index in [1.165, 1.54) is 53.2 Å². The zero-order valence-electron chi connectivity index (χ0n) is 38.1. The number of carbonyl (C=O) groups is 3. The normalized spacial score (nSPS) is 13.2. The van der Waals surface area contributed by atoms with E-state index in [0.717, 1.165) is 41.3 Å². The molecule has 0 saturated heterocycles. The Bertz CT molecular complexity index is 2640. The SMILES string of the molecule is Cl.Cl.Cl.N=C(N)n1cccn1.NC(N)=NCCF.NC1=NC(c2ccc(OC(F)(F)F)cc2)(c2ccc(F)c(Br)c2)C(=O)N1CCF.NCCF.O=C(Cc1ccc(OC(F)(F)F)cc1)C(=O)c1ccc(F)c(Br)c1. The number of ketones is 2. The third-order valence-electron chi connectivity index (χ3n) is 8.46. The van der Waals surface area contributed by atoms with Gasteiger partial charge in [-0.15, -0.1) is 63.6 Å². The van der Waals surface area contributed by atoms with Gasteiger partial charge in [0.15, 0.2) is 17.5 Å². The van der Waals surface area contributed by atoms with E-state index in [0.29, 0.717) is 5.56 Å². The Labute approximate surface area is 455 Å². The van der Waals surface area contributed by atoms with Crippen molar-refractivity contribution in [1.82, 2.24) is 14.7 Å². The van der Waals surface area contributed by atoms with Crippen molar-refractivity contribution in [1.29, 1.82) is 5.41 Å². The average Bonchev–Trinajstić information content (AvgIpc) is 3.95. The summed E-state index contributed by atoms with van der Waals surface area (Å²) in [7, 11) is 0. The molecule has 0 saturated carbocycles. The number of rotatable bonds is 13. The van der Waals surface area contributed by atoms with Crippen LogP contribution >= 0.6 is 69.1 Å². The molecule has 1 atom stereocenters. The minimum atomic E-state index is -4.88. The van der Waals surface area contributed by atoms with Gasteiger partial charge in [-0.1, -0.05) is 30.3 Å². The Kier molecular flexibility index (Phi) is 31.7. The minimum Gasteiger partial charge on any atom is -0.406 e. The van der Waals surface area contributed by atoms with Gasteiger partial charge in [0, 0.05) is 30.9 Å². The van der Waals surface area contributed by atoms with Crippen LogP contribution in [-0.4, -0.2) is 102 Å². The Morgan fingerprint density at radius 3 is 1.63 bits per heavy atom. The first kappa shape index (κ1) is 70.8. The number of benzene rings is 4. The molecule has 75 heavy (non-hydrogen) atoms. The maximum Gasteiger partial charge on any atom is 0.573 e. The second kappa shape index (κ2) is 33.6. The summed E-state index contributed by atoms with van der Waals surface area (Å²) in [6.07, 6.45) is -6.79. The van der Waals surface area contributed by atoms with Crippen LogP contribution in [0, 0.1) is 17.0 Å². The summed E-state index contributed by atoms with van der Waals surface area (Å²) < 4.78 is 144. The van der Waals surface area contributed by atoms with E-state index >= 15 is 0 Å². The molecule has 0 fully saturated rings. The highest BCUT2D eigenvalue weighted by atomic mass is 79.9. The average molecular weight is 1270 g/mol. The third-order valence-corrected chi connectivity index (χ3v) is 9.68. The van der Waals surface area contributed by atoms with Crippen molar-refractivity contribution in [3.8, 4) is 11.5 Å². The fraction of sp³-hybridized carbons (Fsp3) is 0.233. The molecule has 1 aliphatic heterocycles. The Balaban J connectivity index is 0. The Hall–Kier alpha value is -6.27. The van der Waals surface area contributed by atoms with Crippen LogP contribution in [0.25, 0.3) is 0 Å². The highest BCUT2D eigenvalue weighted by molar-refractivity contribution is 9.10. The van der Waals surface area contributed by atoms with Crippen LogP contribution in [0.5, 0.6) is 11.5 Å². The van der Waals surface area contributed by atoms with E-state index < -0.39 is 78.9 Å². The third kappa shape index (κ3) is 23.4. The zero-order valence-corrected chi connectivity index (χ0v) is 43.7. The van der Waals surface area contributed by atoms with Crippen LogP contribution in [-0.2, 0) is 21.5 Å². The lowest BCUT2D eigenvalue weighted by Crippen LogP contribution is -2.44. The van der Waals surface area contributed by atoms with Crippen molar-refractivity contribution in [2.24, 2.45) is 38.7 Å². The number of nitrogens with one attached hydrogen (secondary N) is 1. The van der Waals surface area contributed by atoms with Gasteiger partial charge in [-0.05, 0) is 109 Å². The standard InChI is InChI=1S/C18H13BrF5N3O2.C16H9BrF4O3.C4H6N4.C3H8FN3.C2H6FN.3ClH/c19-13-9-11(3-6-14(13)21)17(15(28)27(8-7-20)16(25)26-17)10-1-4-12(5-2-10)29-18(22,23)24;17-12-8-10(3-6-13(12)18)15(23)14(22)7-9-1-4-11(5-2-9)24-16(19,20)21;5-4(6)8-3-1-2-7-8;4-1-2-7-3(5)6;3-1-2-4;;;/h1-6,9H,7-8H2,(H2,25,26);1-6,8H,7H2;1-3H,(H3,5,6);1-2H2,(H4,5,6,7);1-2,4H2;3*1H. The molecule has 0 aliphatic carbocycles. The largest absolute Gasteiger partial charge is 0.573 e. The van der Waals surface area contributed by atoms with Crippen LogP contribution in [0.1, 0.15) is 27.0 Å². The van der Waals surface area contributed by atoms with Gasteiger partial charge in [0.25, 0.3) is 5.91 Å². The number of aliphatic imine (C=N–C) groups is 2. The van der Waals surface area contributed by atoms with Crippen LogP contribution in [0.15, 0.2) is 122 Å². The number of carbonyl (C=O) groups excluding carboxylic acids is 3. The first-order valence-electron chi connectivity index (χ1n) is 19.9. The predicted octanol–water partition coefficient (Wildman–Crippen LogP) is 8.37. The molecule has 414 valence electrons. The highest BCUT2D eigenvalue weighted by Gasteiger charge is 2.51. The molecule has 4 aromatic carbocycles. The molecule has 16 nitrogen and oxygen atoms in total. The van der Waals surface area contributed by atoms with Crippen LogP contribution < -0.4 is 38.1 Å². The number of nitrogens with zero attached hydrogens (tertiary/aromatic N) is 5. The monoisotopic (exact) mass is 1270 g/mol. The van der Waals surface area contributed by atoms with Gasteiger partial charge in [0.05, 0.1) is 22.0 Å². The van der Waals surface area contributed by atoms with E-state index in [1.54, 1.807) is 18.5 Å². The second-order valence-corrected chi connectivity index (χ2v) is 15.3. The molecule has 2 heterocycles. The Morgan fingerprint density at radius 1 is 0.747 bits per heavy atom. The number of hydrogen-bond donors (Lipinski definition) is 6. The highest BCUT2D eigenvalue weighted by Crippen LogP contribution is 2.41. The number of nitrogens with two attached hydrogens (primary N) is 5. The van der Waals surface area contributed by atoms with E-state index in [2.05, 4.69) is 62.2 Å². The van der Waals surface area contributed by atoms with Gasteiger partial charge in [-0.3, -0.25) is 29.7 Å². The molecule has 0 radical (unpaired) electrons. The van der Waals surface area contributed by atoms with E-state index in [1.807, 2.05) is 0 Å². The lowest BCUT2D eigenvalue weighted by molar-refractivity contribution is -0.275. The number of aromatic nitrogens is 2. The van der Waals surface area contributed by atoms with Crippen molar-refractivity contribution < 1.29 is 72.2 Å². The number of nitrogen functional groups attached to an aromatic ring is 1. The molecular weight excluding hydrogens is 1230 g/mol. The van der Waals surface area contributed by atoms with E-state index in [9.17, 15) is 62.7 Å². The van der Waals surface area contributed by atoms with Gasteiger partial charge in [-0.2, -0.15) is 5.10 Å². The quantitative estimate of drug-likeness (QED) is 0.0214. The van der Waals surface area contributed by atoms with Crippen LogP contribution in [0.3, 0.4) is 0 Å². The zero-order chi connectivity index (χ0) is 54.4.